The molecule has 0 spiro atoms. The zero-order chi connectivity index (χ0) is 21.6. The van der Waals surface area contributed by atoms with Crippen molar-refractivity contribution in [3.63, 3.8) is 0 Å². The Morgan fingerprint density at radius 1 is 0.900 bits per heavy atom. The molecule has 0 atom stereocenters. The van der Waals surface area contributed by atoms with Gasteiger partial charge in [0.15, 0.2) is 0 Å². The Labute approximate surface area is 181 Å². The van der Waals surface area contributed by atoms with Gasteiger partial charge in [-0.1, -0.05) is 54.1 Å². The molecular formula is C22H21ClN2O4S. The van der Waals surface area contributed by atoms with Crippen LogP contribution in [-0.4, -0.2) is 25.6 Å². The summed E-state index contributed by atoms with van der Waals surface area (Å²) in [5, 5.41) is 3.46. The first-order valence-corrected chi connectivity index (χ1v) is 11.3. The lowest BCUT2D eigenvalue weighted by Crippen LogP contribution is -2.34. The van der Waals surface area contributed by atoms with Gasteiger partial charge in [0.1, 0.15) is 5.75 Å². The fraction of sp³-hybridized carbons (Fsp3) is 0.136. The fourth-order valence-electron chi connectivity index (χ4n) is 2.78. The van der Waals surface area contributed by atoms with Crippen LogP contribution < -0.4 is 9.50 Å². The molecule has 0 aliphatic rings. The van der Waals surface area contributed by atoms with Gasteiger partial charge in [-0.25, -0.2) is 4.79 Å². The smallest absolute Gasteiger partial charge is 0.322 e. The van der Waals surface area contributed by atoms with Crippen LogP contribution in [0.25, 0.3) is 0 Å². The van der Waals surface area contributed by atoms with Crippen LogP contribution in [0.3, 0.4) is 0 Å². The van der Waals surface area contributed by atoms with E-state index in [1.54, 1.807) is 53.4 Å². The molecule has 0 aliphatic carbocycles. The molecule has 0 saturated heterocycles. The summed E-state index contributed by atoms with van der Waals surface area (Å²) in [7, 11) is -3.59. The summed E-state index contributed by atoms with van der Waals surface area (Å²) < 4.78 is 27.4. The summed E-state index contributed by atoms with van der Waals surface area (Å²) in [6.07, 6.45) is 0.990. The second-order valence-corrected chi connectivity index (χ2v) is 8.72. The molecule has 6 nitrogen and oxygen atoms in total. The van der Waals surface area contributed by atoms with Crippen molar-refractivity contribution in [1.82, 2.24) is 4.90 Å². The molecule has 0 unspecified atom stereocenters. The number of nitrogens with one attached hydrogen (secondary N) is 1. The summed E-state index contributed by atoms with van der Waals surface area (Å²) in [4.78, 5) is 14.6. The third kappa shape index (κ3) is 6.79. The third-order valence-corrected chi connectivity index (χ3v) is 4.89. The van der Waals surface area contributed by atoms with Crippen molar-refractivity contribution < 1.29 is 17.4 Å². The van der Waals surface area contributed by atoms with E-state index in [0.717, 1.165) is 17.4 Å². The molecule has 156 valence electrons. The maximum atomic E-state index is 12.9. The number of carbonyl (C=O) groups is 1. The number of amides is 2. The molecular weight excluding hydrogens is 424 g/mol. The molecule has 1 N–H and O–H groups in total. The van der Waals surface area contributed by atoms with Crippen molar-refractivity contribution in [3.05, 3.63) is 95.0 Å². The maximum Gasteiger partial charge on any atom is 0.322 e. The summed E-state index contributed by atoms with van der Waals surface area (Å²) in [5.74, 6) is 0.224. The molecule has 0 aromatic heterocycles. The minimum Gasteiger partial charge on any atom is -0.383 e. The van der Waals surface area contributed by atoms with Gasteiger partial charge in [0.25, 0.3) is 0 Å². The Kier molecular flexibility index (Phi) is 6.97. The largest absolute Gasteiger partial charge is 0.383 e. The van der Waals surface area contributed by atoms with Crippen LogP contribution in [0.15, 0.2) is 78.9 Å². The molecule has 0 fully saturated rings. The lowest BCUT2D eigenvalue weighted by atomic mass is 10.1. The number of urea groups is 1. The van der Waals surface area contributed by atoms with Gasteiger partial charge >= 0.3 is 16.1 Å². The Morgan fingerprint density at radius 2 is 1.47 bits per heavy atom. The number of anilines is 1. The molecule has 30 heavy (non-hydrogen) atoms. The Bertz CT molecular complexity index is 1090. The lowest BCUT2D eigenvalue weighted by molar-refractivity contribution is 0.206. The minimum atomic E-state index is -3.59. The quantitative estimate of drug-likeness (QED) is 0.525. The van der Waals surface area contributed by atoms with E-state index in [2.05, 4.69) is 5.32 Å². The van der Waals surface area contributed by atoms with Crippen molar-refractivity contribution >= 4 is 33.4 Å². The third-order valence-electron chi connectivity index (χ3n) is 4.14. The topological polar surface area (TPSA) is 75.7 Å². The first-order valence-electron chi connectivity index (χ1n) is 9.12. The molecule has 2 amide bonds. The van der Waals surface area contributed by atoms with Gasteiger partial charge in [-0.15, -0.1) is 0 Å². The molecule has 0 heterocycles. The van der Waals surface area contributed by atoms with Gasteiger partial charge in [0.2, 0.25) is 0 Å². The van der Waals surface area contributed by atoms with Gasteiger partial charge in [0, 0.05) is 23.8 Å². The van der Waals surface area contributed by atoms with Crippen LogP contribution in [-0.2, 0) is 23.2 Å². The first kappa shape index (κ1) is 21.7. The fourth-order valence-corrected chi connectivity index (χ4v) is 3.37. The van der Waals surface area contributed by atoms with Gasteiger partial charge in [-0.2, -0.15) is 8.42 Å². The lowest BCUT2D eigenvalue weighted by Gasteiger charge is -2.23. The van der Waals surface area contributed by atoms with Crippen molar-refractivity contribution in [2.45, 2.75) is 13.1 Å². The number of hydrogen-bond donors (Lipinski definition) is 1. The molecule has 3 aromatic carbocycles. The van der Waals surface area contributed by atoms with Crippen LogP contribution in [0.5, 0.6) is 5.75 Å². The molecule has 0 bridgehead atoms. The van der Waals surface area contributed by atoms with Crippen LogP contribution in [0.2, 0.25) is 5.02 Å². The SMILES string of the molecule is CS(=O)(=O)Oc1ccc(CN(Cc2ccccc2)C(=O)Nc2ccc(Cl)cc2)cc1. The van der Waals surface area contributed by atoms with E-state index in [1.165, 1.54) is 0 Å². The van der Waals surface area contributed by atoms with Crippen LogP contribution in [0.4, 0.5) is 10.5 Å². The first-order chi connectivity index (χ1) is 14.3. The molecule has 0 saturated carbocycles. The molecule has 0 radical (unpaired) electrons. The van der Waals surface area contributed by atoms with Crippen molar-refractivity contribution in [1.29, 1.82) is 0 Å². The highest BCUT2D eigenvalue weighted by molar-refractivity contribution is 7.86. The average Bonchev–Trinajstić information content (AvgIpc) is 2.70. The van der Waals surface area contributed by atoms with Crippen molar-refractivity contribution in [3.8, 4) is 5.75 Å². The Morgan fingerprint density at radius 3 is 2.03 bits per heavy atom. The van der Waals surface area contributed by atoms with Crippen molar-refractivity contribution in [2.75, 3.05) is 11.6 Å². The van der Waals surface area contributed by atoms with Gasteiger partial charge in [-0.05, 0) is 47.5 Å². The van der Waals surface area contributed by atoms with E-state index in [1.807, 2.05) is 30.3 Å². The van der Waals surface area contributed by atoms with E-state index in [9.17, 15) is 13.2 Å². The Hall–Kier alpha value is -3.03. The standard InChI is InChI=1S/C22H21ClN2O4S/c1-30(27,28)29-21-13-7-18(8-14-21)16-25(15-17-5-3-2-4-6-17)22(26)24-20-11-9-19(23)10-12-20/h2-14H,15-16H2,1H3,(H,24,26). The van der Waals surface area contributed by atoms with Crippen molar-refractivity contribution in [2.24, 2.45) is 0 Å². The predicted molar refractivity (Wildman–Crippen MR) is 118 cm³/mol. The maximum absolute atomic E-state index is 12.9. The molecule has 0 aliphatic heterocycles. The molecule has 3 aromatic rings. The number of rotatable bonds is 7. The van der Waals surface area contributed by atoms with E-state index >= 15 is 0 Å². The van der Waals surface area contributed by atoms with Gasteiger partial charge in [0.05, 0.1) is 6.26 Å². The van der Waals surface area contributed by atoms with E-state index in [0.29, 0.717) is 23.8 Å². The second-order valence-electron chi connectivity index (χ2n) is 6.71. The predicted octanol–water partition coefficient (Wildman–Crippen LogP) is 4.91. The summed E-state index contributed by atoms with van der Waals surface area (Å²) in [5.41, 5.74) is 2.46. The number of halogens is 1. The summed E-state index contributed by atoms with van der Waals surface area (Å²) in [6.45, 7) is 0.731. The summed E-state index contributed by atoms with van der Waals surface area (Å²) in [6, 6.07) is 22.9. The Balaban J connectivity index is 1.76. The summed E-state index contributed by atoms with van der Waals surface area (Å²) >= 11 is 5.91. The zero-order valence-corrected chi connectivity index (χ0v) is 17.9. The number of hydrogen-bond acceptors (Lipinski definition) is 4. The molecule has 8 heteroatoms. The van der Waals surface area contributed by atoms with E-state index < -0.39 is 10.1 Å². The highest BCUT2D eigenvalue weighted by atomic mass is 35.5. The average molecular weight is 445 g/mol. The van der Waals surface area contributed by atoms with E-state index in [4.69, 9.17) is 15.8 Å². The zero-order valence-electron chi connectivity index (χ0n) is 16.3. The number of carbonyl (C=O) groups excluding carboxylic acids is 1. The van der Waals surface area contributed by atoms with Crippen LogP contribution >= 0.6 is 11.6 Å². The minimum absolute atomic E-state index is 0.224. The molecule has 3 rings (SSSR count). The van der Waals surface area contributed by atoms with E-state index in [-0.39, 0.29) is 11.8 Å². The van der Waals surface area contributed by atoms with Crippen LogP contribution in [0, 0.1) is 0 Å². The monoisotopic (exact) mass is 444 g/mol. The number of benzene rings is 3. The van der Waals surface area contributed by atoms with Crippen LogP contribution in [0.1, 0.15) is 11.1 Å². The normalized spacial score (nSPS) is 11.0. The number of nitrogens with zero attached hydrogens (tertiary/aromatic N) is 1. The van der Waals surface area contributed by atoms with Gasteiger partial charge < -0.3 is 14.4 Å². The highest BCUT2D eigenvalue weighted by Gasteiger charge is 2.15. The van der Waals surface area contributed by atoms with Gasteiger partial charge in [-0.3, -0.25) is 0 Å². The highest BCUT2D eigenvalue weighted by Crippen LogP contribution is 2.18. The second kappa shape index (κ2) is 9.65.